The van der Waals surface area contributed by atoms with Crippen molar-refractivity contribution in [3.8, 4) is 0 Å². The van der Waals surface area contributed by atoms with Crippen LogP contribution >= 0.6 is 0 Å². The quantitative estimate of drug-likeness (QED) is 0.751. The number of benzene rings is 1. The summed E-state index contributed by atoms with van der Waals surface area (Å²) in [5.41, 5.74) is -0.573. The summed E-state index contributed by atoms with van der Waals surface area (Å²) in [5, 5.41) is 9.21. The second-order valence-corrected chi connectivity index (χ2v) is 7.68. The number of rotatable bonds is 3. The molecule has 1 atom stereocenters. The number of aliphatic carboxylic acids is 1. The van der Waals surface area contributed by atoms with Gasteiger partial charge >= 0.3 is 11.7 Å². The smallest absolute Gasteiger partial charge is 0.323 e. The normalized spacial score (nSPS) is 23.1. The fraction of sp³-hybridized carbons (Fsp3) is 0.385. The van der Waals surface area contributed by atoms with E-state index in [0.717, 1.165) is 0 Å². The lowest BCUT2D eigenvalue weighted by molar-refractivity contribution is -0.146. The zero-order valence-corrected chi connectivity index (χ0v) is 12.6. The summed E-state index contributed by atoms with van der Waals surface area (Å²) in [6.45, 7) is 1.64. The van der Waals surface area contributed by atoms with Crippen molar-refractivity contribution in [2.24, 2.45) is 5.41 Å². The Hall–Kier alpha value is -2.13. The van der Waals surface area contributed by atoms with E-state index in [1.54, 1.807) is 0 Å². The molecule has 1 saturated heterocycles. The van der Waals surface area contributed by atoms with Crippen molar-refractivity contribution < 1.29 is 18.3 Å². The maximum Gasteiger partial charge on any atom is 0.323 e. The summed E-state index contributed by atoms with van der Waals surface area (Å²) in [7, 11) is -3.79. The number of nitrogens with one attached hydrogen (secondary N) is 2. The number of carboxylic acids is 1. The zero-order chi connectivity index (χ0) is 16.1. The summed E-state index contributed by atoms with van der Waals surface area (Å²) >= 11 is 0. The first-order valence-electron chi connectivity index (χ1n) is 6.68. The summed E-state index contributed by atoms with van der Waals surface area (Å²) in [6.07, 6.45) is 0.269. The molecule has 3 rings (SSSR count). The minimum absolute atomic E-state index is 0.0323. The topological polar surface area (TPSA) is 123 Å². The number of sulfonamides is 1. The molecular weight excluding hydrogens is 310 g/mol. The molecule has 1 aliphatic rings. The molecular formula is C13H15N3O5S. The molecule has 2 heterocycles. The van der Waals surface area contributed by atoms with E-state index in [-0.39, 0.29) is 24.4 Å². The number of aromatic nitrogens is 2. The lowest BCUT2D eigenvalue weighted by atomic mass is 9.90. The van der Waals surface area contributed by atoms with Gasteiger partial charge in [0.1, 0.15) is 0 Å². The molecule has 0 spiro atoms. The molecule has 9 heteroatoms. The Balaban J connectivity index is 1.98. The molecule has 0 radical (unpaired) electrons. The van der Waals surface area contributed by atoms with Crippen LogP contribution in [0.5, 0.6) is 0 Å². The number of hydrogen-bond acceptors (Lipinski definition) is 4. The van der Waals surface area contributed by atoms with Crippen molar-refractivity contribution in [3.05, 3.63) is 28.7 Å². The summed E-state index contributed by atoms with van der Waals surface area (Å²) in [5.74, 6) is -1.00. The highest BCUT2D eigenvalue weighted by Gasteiger charge is 2.44. The molecule has 1 unspecified atom stereocenters. The fourth-order valence-electron chi connectivity index (χ4n) is 2.62. The standard InChI is InChI=1S/C13H15N3O5S/c1-13(11(17)18)4-5-16(7-13)22(20,21)8-2-3-9-10(6-8)15-12(19)14-9/h2-3,6H,4-5,7H2,1H3,(H,17,18)(H2,14,15,19). The van der Waals surface area contributed by atoms with Crippen LogP contribution in [0.3, 0.4) is 0 Å². The number of H-pyrrole nitrogens is 2. The van der Waals surface area contributed by atoms with Gasteiger partial charge in [0.15, 0.2) is 0 Å². The minimum atomic E-state index is -3.79. The van der Waals surface area contributed by atoms with E-state index in [2.05, 4.69) is 9.97 Å². The van der Waals surface area contributed by atoms with Gasteiger partial charge in [-0.1, -0.05) is 0 Å². The van der Waals surface area contributed by atoms with Crippen molar-refractivity contribution in [1.82, 2.24) is 14.3 Å². The van der Waals surface area contributed by atoms with Crippen molar-refractivity contribution in [2.75, 3.05) is 13.1 Å². The van der Waals surface area contributed by atoms with Crippen LogP contribution in [0.2, 0.25) is 0 Å². The molecule has 118 valence electrons. The van der Waals surface area contributed by atoms with Crippen LogP contribution in [0.25, 0.3) is 11.0 Å². The monoisotopic (exact) mass is 325 g/mol. The first kappa shape index (κ1) is 14.8. The molecule has 1 aromatic carbocycles. The van der Waals surface area contributed by atoms with Gasteiger partial charge in [-0.2, -0.15) is 4.31 Å². The number of aromatic amines is 2. The minimum Gasteiger partial charge on any atom is -0.481 e. The summed E-state index contributed by atoms with van der Waals surface area (Å²) in [4.78, 5) is 27.6. The SMILES string of the molecule is CC1(C(=O)O)CCN(S(=O)(=O)c2ccc3[nH]c(=O)[nH]c3c2)C1. The Labute approximate surface area is 125 Å². The van der Waals surface area contributed by atoms with E-state index in [0.29, 0.717) is 11.0 Å². The van der Waals surface area contributed by atoms with E-state index in [1.165, 1.54) is 29.4 Å². The Bertz CT molecular complexity index is 913. The van der Waals surface area contributed by atoms with Crippen molar-refractivity contribution in [1.29, 1.82) is 0 Å². The molecule has 0 saturated carbocycles. The van der Waals surface area contributed by atoms with Crippen LogP contribution in [-0.4, -0.2) is 46.9 Å². The van der Waals surface area contributed by atoms with Gasteiger partial charge < -0.3 is 15.1 Å². The highest BCUT2D eigenvalue weighted by Crippen LogP contribution is 2.34. The van der Waals surface area contributed by atoms with Crippen LogP contribution < -0.4 is 5.69 Å². The Morgan fingerprint density at radius 2 is 2.00 bits per heavy atom. The molecule has 8 nitrogen and oxygen atoms in total. The lowest BCUT2D eigenvalue weighted by Crippen LogP contribution is -2.34. The first-order chi connectivity index (χ1) is 10.2. The van der Waals surface area contributed by atoms with Gasteiger partial charge in [-0.3, -0.25) is 4.79 Å². The van der Waals surface area contributed by atoms with Crippen molar-refractivity contribution in [3.63, 3.8) is 0 Å². The third-order valence-corrected chi connectivity index (χ3v) is 5.92. The first-order valence-corrected chi connectivity index (χ1v) is 8.12. The van der Waals surface area contributed by atoms with E-state index < -0.39 is 27.1 Å². The maximum absolute atomic E-state index is 12.6. The van der Waals surface area contributed by atoms with Crippen LogP contribution in [-0.2, 0) is 14.8 Å². The summed E-state index contributed by atoms with van der Waals surface area (Å²) < 4.78 is 26.4. The number of carboxylic acid groups (broad SMARTS) is 1. The fourth-order valence-corrected chi connectivity index (χ4v) is 4.21. The molecule has 2 aromatic rings. The van der Waals surface area contributed by atoms with E-state index in [9.17, 15) is 23.1 Å². The van der Waals surface area contributed by atoms with Crippen LogP contribution in [0.4, 0.5) is 0 Å². The van der Waals surface area contributed by atoms with Crippen LogP contribution in [0.15, 0.2) is 27.9 Å². The van der Waals surface area contributed by atoms with Gasteiger partial charge in [-0.15, -0.1) is 0 Å². The Kier molecular flexibility index (Phi) is 3.15. The van der Waals surface area contributed by atoms with Gasteiger partial charge in [-0.25, -0.2) is 13.2 Å². The average molecular weight is 325 g/mol. The molecule has 22 heavy (non-hydrogen) atoms. The van der Waals surface area contributed by atoms with Gasteiger partial charge in [-0.05, 0) is 31.5 Å². The summed E-state index contributed by atoms with van der Waals surface area (Å²) in [6, 6.07) is 4.28. The highest BCUT2D eigenvalue weighted by molar-refractivity contribution is 7.89. The third-order valence-electron chi connectivity index (χ3n) is 4.08. The third kappa shape index (κ3) is 2.22. The van der Waals surface area contributed by atoms with Crippen molar-refractivity contribution >= 4 is 27.0 Å². The number of fused-ring (bicyclic) bond motifs is 1. The molecule has 1 aliphatic heterocycles. The average Bonchev–Trinajstić information content (AvgIpc) is 3.01. The van der Waals surface area contributed by atoms with E-state index in [1.807, 2.05) is 0 Å². The number of nitrogens with zero attached hydrogens (tertiary/aromatic N) is 1. The second-order valence-electron chi connectivity index (χ2n) is 5.74. The molecule has 1 fully saturated rings. The second kappa shape index (κ2) is 4.68. The number of imidazole rings is 1. The number of hydrogen-bond donors (Lipinski definition) is 3. The highest BCUT2D eigenvalue weighted by atomic mass is 32.2. The van der Waals surface area contributed by atoms with Gasteiger partial charge in [0.05, 0.1) is 21.3 Å². The molecule has 0 amide bonds. The van der Waals surface area contributed by atoms with Crippen LogP contribution in [0.1, 0.15) is 13.3 Å². The largest absolute Gasteiger partial charge is 0.481 e. The maximum atomic E-state index is 12.6. The zero-order valence-electron chi connectivity index (χ0n) is 11.8. The predicted molar refractivity (Wildman–Crippen MR) is 78.0 cm³/mol. The Morgan fingerprint density at radius 1 is 1.32 bits per heavy atom. The predicted octanol–water partition coefficient (Wildman–Crippen LogP) is 0.341. The molecule has 0 bridgehead atoms. The van der Waals surface area contributed by atoms with Gasteiger partial charge in [0, 0.05) is 13.1 Å². The van der Waals surface area contributed by atoms with E-state index >= 15 is 0 Å². The van der Waals surface area contributed by atoms with Gasteiger partial charge in [0.25, 0.3) is 0 Å². The Morgan fingerprint density at radius 3 is 2.64 bits per heavy atom. The van der Waals surface area contributed by atoms with Crippen LogP contribution in [0, 0.1) is 5.41 Å². The van der Waals surface area contributed by atoms with Crippen molar-refractivity contribution in [2.45, 2.75) is 18.2 Å². The molecule has 3 N–H and O–H groups in total. The molecule has 0 aliphatic carbocycles. The van der Waals surface area contributed by atoms with E-state index in [4.69, 9.17) is 0 Å². The lowest BCUT2D eigenvalue weighted by Gasteiger charge is -2.20. The molecule has 1 aromatic heterocycles. The van der Waals surface area contributed by atoms with Gasteiger partial charge in [0.2, 0.25) is 10.0 Å². The number of carbonyl (C=O) groups is 1.